The van der Waals surface area contributed by atoms with Crippen molar-refractivity contribution in [1.82, 2.24) is 4.90 Å². The van der Waals surface area contributed by atoms with E-state index in [0.29, 0.717) is 0 Å². The molecule has 3 heteroatoms. The second-order valence-electron chi connectivity index (χ2n) is 4.14. The van der Waals surface area contributed by atoms with Crippen LogP contribution in [0.3, 0.4) is 0 Å². The predicted octanol–water partition coefficient (Wildman–Crippen LogP) is 1.42. The lowest BCUT2D eigenvalue weighted by atomic mass is 10.1. The average Bonchev–Trinajstić information content (AvgIpc) is 2.29. The number of nitrogens with zero attached hydrogens (tertiary/aromatic N) is 1. The van der Waals surface area contributed by atoms with Crippen molar-refractivity contribution >= 4 is 5.91 Å². The van der Waals surface area contributed by atoms with Crippen molar-refractivity contribution in [3.63, 3.8) is 0 Å². The fraction of sp³-hybridized carbons (Fsp3) is 0.462. The molecule has 1 unspecified atom stereocenters. The second kappa shape index (κ2) is 6.28. The Bertz CT molecular complexity index is 322. The molecule has 1 amide bonds. The molecule has 0 spiro atoms. The fourth-order valence-corrected chi connectivity index (χ4v) is 1.62. The molecular weight excluding hydrogens is 200 g/mol. The van der Waals surface area contributed by atoms with Crippen LogP contribution in [0.15, 0.2) is 30.3 Å². The first-order valence-corrected chi connectivity index (χ1v) is 5.65. The molecule has 0 aliphatic rings. The van der Waals surface area contributed by atoms with E-state index in [1.807, 2.05) is 18.2 Å². The Kier molecular flexibility index (Phi) is 4.99. The molecule has 1 atom stereocenters. The molecule has 1 rings (SSSR count). The molecule has 1 aromatic carbocycles. The monoisotopic (exact) mass is 220 g/mol. The Morgan fingerprint density at radius 3 is 2.56 bits per heavy atom. The smallest absolute Gasteiger partial charge is 0.238 e. The Hall–Kier alpha value is -1.35. The van der Waals surface area contributed by atoms with Gasteiger partial charge in [-0.2, -0.15) is 0 Å². The van der Waals surface area contributed by atoms with E-state index in [1.54, 1.807) is 18.9 Å². The number of nitrogens with two attached hydrogens (primary N) is 1. The first-order valence-electron chi connectivity index (χ1n) is 5.65. The summed E-state index contributed by atoms with van der Waals surface area (Å²) in [4.78, 5) is 13.2. The highest BCUT2D eigenvalue weighted by Crippen LogP contribution is 2.03. The van der Waals surface area contributed by atoms with Crippen LogP contribution in [0.4, 0.5) is 0 Å². The Labute approximate surface area is 97.2 Å². The summed E-state index contributed by atoms with van der Waals surface area (Å²) in [6, 6.07) is 9.88. The number of amides is 1. The lowest BCUT2D eigenvalue weighted by molar-refractivity contribution is -0.130. The minimum Gasteiger partial charge on any atom is -0.344 e. The molecule has 0 radical (unpaired) electrons. The zero-order valence-electron chi connectivity index (χ0n) is 10.0. The van der Waals surface area contributed by atoms with Crippen LogP contribution in [0.2, 0.25) is 0 Å². The Morgan fingerprint density at radius 1 is 1.38 bits per heavy atom. The summed E-state index contributed by atoms with van der Waals surface area (Å²) < 4.78 is 0. The van der Waals surface area contributed by atoms with E-state index in [0.717, 1.165) is 19.4 Å². The minimum absolute atomic E-state index is 0.00746. The van der Waals surface area contributed by atoms with Gasteiger partial charge in [0.25, 0.3) is 0 Å². The molecular formula is C13H20N2O. The summed E-state index contributed by atoms with van der Waals surface area (Å²) >= 11 is 0. The molecule has 88 valence electrons. The van der Waals surface area contributed by atoms with Gasteiger partial charge in [-0.05, 0) is 25.3 Å². The molecule has 0 bridgehead atoms. The van der Waals surface area contributed by atoms with Crippen LogP contribution in [0.5, 0.6) is 0 Å². The van der Waals surface area contributed by atoms with Crippen LogP contribution in [-0.4, -0.2) is 30.4 Å². The average molecular weight is 220 g/mol. The van der Waals surface area contributed by atoms with E-state index in [-0.39, 0.29) is 5.91 Å². The van der Waals surface area contributed by atoms with Gasteiger partial charge in [-0.1, -0.05) is 30.3 Å². The van der Waals surface area contributed by atoms with Crippen molar-refractivity contribution in [2.45, 2.75) is 25.8 Å². The van der Waals surface area contributed by atoms with Crippen LogP contribution in [0.1, 0.15) is 18.9 Å². The first-order chi connectivity index (χ1) is 7.61. The molecule has 0 aliphatic carbocycles. The summed E-state index contributed by atoms with van der Waals surface area (Å²) in [5.74, 6) is 0.00746. The van der Waals surface area contributed by atoms with Crippen LogP contribution in [0, 0.1) is 0 Å². The number of rotatable bonds is 5. The Balaban J connectivity index is 2.28. The van der Waals surface area contributed by atoms with E-state index < -0.39 is 6.04 Å². The van der Waals surface area contributed by atoms with Crippen LogP contribution >= 0.6 is 0 Å². The molecule has 3 nitrogen and oxygen atoms in total. The maximum Gasteiger partial charge on any atom is 0.238 e. The topological polar surface area (TPSA) is 46.3 Å². The predicted molar refractivity (Wildman–Crippen MR) is 66.0 cm³/mol. The quantitative estimate of drug-likeness (QED) is 0.816. The number of carbonyl (C=O) groups excluding carboxylic acids is 1. The molecule has 0 saturated carbocycles. The Morgan fingerprint density at radius 2 is 2.00 bits per heavy atom. The summed E-state index contributed by atoms with van der Waals surface area (Å²) in [5.41, 5.74) is 6.84. The minimum atomic E-state index is -0.401. The zero-order valence-corrected chi connectivity index (χ0v) is 10.0. The van der Waals surface area contributed by atoms with E-state index in [4.69, 9.17) is 5.73 Å². The van der Waals surface area contributed by atoms with Gasteiger partial charge in [0.15, 0.2) is 0 Å². The number of aryl methyl sites for hydroxylation is 1. The van der Waals surface area contributed by atoms with Crippen molar-refractivity contribution < 1.29 is 4.79 Å². The van der Waals surface area contributed by atoms with E-state index in [1.165, 1.54) is 5.56 Å². The molecule has 0 heterocycles. The summed E-state index contributed by atoms with van der Waals surface area (Å²) in [6.45, 7) is 2.48. The van der Waals surface area contributed by atoms with Gasteiger partial charge < -0.3 is 10.6 Å². The number of carbonyl (C=O) groups is 1. The van der Waals surface area contributed by atoms with Gasteiger partial charge in [0.05, 0.1) is 6.04 Å². The molecule has 1 aromatic rings. The van der Waals surface area contributed by atoms with Crippen molar-refractivity contribution in [3.8, 4) is 0 Å². The number of hydrogen-bond acceptors (Lipinski definition) is 2. The molecule has 0 aromatic heterocycles. The highest BCUT2D eigenvalue weighted by molar-refractivity contribution is 5.80. The highest BCUT2D eigenvalue weighted by atomic mass is 16.2. The van der Waals surface area contributed by atoms with Crippen LogP contribution in [0.25, 0.3) is 0 Å². The third-order valence-electron chi connectivity index (χ3n) is 2.57. The number of likely N-dealkylation sites (N-methyl/N-ethyl adjacent to an activating group) is 1. The lowest BCUT2D eigenvalue weighted by Gasteiger charge is -2.19. The van der Waals surface area contributed by atoms with Crippen molar-refractivity contribution in [2.24, 2.45) is 5.73 Å². The van der Waals surface area contributed by atoms with Gasteiger partial charge in [0, 0.05) is 13.6 Å². The lowest BCUT2D eigenvalue weighted by Crippen LogP contribution is -2.40. The van der Waals surface area contributed by atoms with E-state index in [2.05, 4.69) is 12.1 Å². The zero-order chi connectivity index (χ0) is 12.0. The maximum atomic E-state index is 11.5. The first kappa shape index (κ1) is 12.7. The molecule has 0 aliphatic heterocycles. The third-order valence-corrected chi connectivity index (χ3v) is 2.57. The summed E-state index contributed by atoms with van der Waals surface area (Å²) in [6.07, 6.45) is 1.97. The molecule has 0 fully saturated rings. The van der Waals surface area contributed by atoms with Gasteiger partial charge in [-0.3, -0.25) is 4.79 Å². The van der Waals surface area contributed by atoms with Crippen molar-refractivity contribution in [2.75, 3.05) is 13.6 Å². The third kappa shape index (κ3) is 4.03. The molecule has 2 N–H and O–H groups in total. The van der Waals surface area contributed by atoms with Gasteiger partial charge in [-0.15, -0.1) is 0 Å². The van der Waals surface area contributed by atoms with Gasteiger partial charge in [0.1, 0.15) is 0 Å². The number of hydrogen-bond donors (Lipinski definition) is 1. The normalized spacial score (nSPS) is 12.2. The van der Waals surface area contributed by atoms with Crippen LogP contribution in [-0.2, 0) is 11.2 Å². The SMILES string of the molecule is CC(N)C(=O)N(C)CCCc1ccccc1. The highest BCUT2D eigenvalue weighted by Gasteiger charge is 2.12. The van der Waals surface area contributed by atoms with Gasteiger partial charge >= 0.3 is 0 Å². The van der Waals surface area contributed by atoms with E-state index in [9.17, 15) is 4.79 Å². The summed E-state index contributed by atoms with van der Waals surface area (Å²) in [5, 5.41) is 0. The van der Waals surface area contributed by atoms with Gasteiger partial charge in [-0.25, -0.2) is 0 Å². The fourth-order valence-electron chi connectivity index (χ4n) is 1.62. The largest absolute Gasteiger partial charge is 0.344 e. The maximum absolute atomic E-state index is 11.5. The molecule has 16 heavy (non-hydrogen) atoms. The standard InChI is InChI=1S/C13H20N2O/c1-11(14)13(16)15(2)10-6-9-12-7-4-3-5-8-12/h3-5,7-8,11H,6,9-10,14H2,1-2H3. The van der Waals surface area contributed by atoms with Crippen molar-refractivity contribution in [1.29, 1.82) is 0 Å². The number of benzene rings is 1. The molecule has 0 saturated heterocycles. The summed E-state index contributed by atoms with van der Waals surface area (Å²) in [7, 11) is 1.80. The van der Waals surface area contributed by atoms with E-state index >= 15 is 0 Å². The second-order valence-corrected chi connectivity index (χ2v) is 4.14. The van der Waals surface area contributed by atoms with Crippen molar-refractivity contribution in [3.05, 3.63) is 35.9 Å². The van der Waals surface area contributed by atoms with Gasteiger partial charge in [0.2, 0.25) is 5.91 Å². The van der Waals surface area contributed by atoms with Crippen LogP contribution < -0.4 is 5.73 Å².